The first kappa shape index (κ1) is 13.7. The lowest BCUT2D eigenvalue weighted by atomic mass is 10.0. The molecule has 18 heavy (non-hydrogen) atoms. The van der Waals surface area contributed by atoms with Crippen LogP contribution in [-0.4, -0.2) is 11.5 Å². The van der Waals surface area contributed by atoms with E-state index in [1.54, 1.807) is 11.3 Å². The molecule has 96 valence electrons. The van der Waals surface area contributed by atoms with E-state index in [2.05, 4.69) is 57.6 Å². The molecule has 0 amide bonds. The van der Waals surface area contributed by atoms with Crippen molar-refractivity contribution in [2.45, 2.75) is 26.3 Å². The number of thiophene rings is 1. The molecule has 0 aromatic carbocycles. The number of nitrogens with one attached hydrogen (secondary N) is 1. The van der Waals surface area contributed by atoms with Crippen molar-refractivity contribution in [3.63, 3.8) is 0 Å². The van der Waals surface area contributed by atoms with Gasteiger partial charge in [0.15, 0.2) is 0 Å². The van der Waals surface area contributed by atoms with Crippen LogP contribution in [0.4, 0.5) is 0 Å². The van der Waals surface area contributed by atoms with Crippen LogP contribution in [-0.2, 0) is 0 Å². The highest BCUT2D eigenvalue weighted by molar-refractivity contribution is 9.10. The van der Waals surface area contributed by atoms with Crippen molar-refractivity contribution in [1.82, 2.24) is 10.3 Å². The Morgan fingerprint density at radius 1 is 1.44 bits per heavy atom. The van der Waals surface area contributed by atoms with Gasteiger partial charge in [0.05, 0.1) is 6.04 Å². The molecule has 1 unspecified atom stereocenters. The molecule has 0 aliphatic rings. The fraction of sp³-hybridized carbons (Fsp3) is 0.357. The van der Waals surface area contributed by atoms with Crippen molar-refractivity contribution < 1.29 is 0 Å². The van der Waals surface area contributed by atoms with Crippen LogP contribution in [0.1, 0.15) is 35.5 Å². The van der Waals surface area contributed by atoms with Crippen molar-refractivity contribution in [2.24, 2.45) is 0 Å². The van der Waals surface area contributed by atoms with Crippen molar-refractivity contribution in [1.29, 1.82) is 0 Å². The van der Waals surface area contributed by atoms with Crippen LogP contribution in [0.25, 0.3) is 0 Å². The number of aromatic nitrogens is 1. The normalized spacial score (nSPS) is 12.6. The minimum absolute atomic E-state index is 0.230. The van der Waals surface area contributed by atoms with Crippen LogP contribution in [0.3, 0.4) is 0 Å². The molecule has 0 bridgehead atoms. The summed E-state index contributed by atoms with van der Waals surface area (Å²) in [7, 11) is 0. The zero-order chi connectivity index (χ0) is 13.0. The Hall–Kier alpha value is -0.710. The van der Waals surface area contributed by atoms with Gasteiger partial charge in [-0.3, -0.25) is 4.98 Å². The van der Waals surface area contributed by atoms with Gasteiger partial charge in [-0.15, -0.1) is 11.3 Å². The van der Waals surface area contributed by atoms with Gasteiger partial charge in [-0.25, -0.2) is 0 Å². The number of aryl methyl sites for hydroxylation is 1. The molecule has 0 saturated heterocycles. The van der Waals surface area contributed by atoms with Crippen LogP contribution in [0.5, 0.6) is 0 Å². The largest absolute Gasteiger partial charge is 0.306 e. The average molecular weight is 325 g/mol. The molecule has 0 fully saturated rings. The predicted octanol–water partition coefficient (Wildman–Crippen LogP) is 4.30. The highest BCUT2D eigenvalue weighted by atomic mass is 79.9. The lowest BCUT2D eigenvalue weighted by molar-refractivity contribution is 0.600. The first-order valence-electron chi connectivity index (χ1n) is 6.11. The number of halogens is 1. The molecule has 2 aromatic heterocycles. The van der Waals surface area contributed by atoms with Gasteiger partial charge in [0.2, 0.25) is 0 Å². The van der Waals surface area contributed by atoms with Crippen LogP contribution in [0.2, 0.25) is 0 Å². The van der Waals surface area contributed by atoms with E-state index >= 15 is 0 Å². The summed E-state index contributed by atoms with van der Waals surface area (Å²) in [5.74, 6) is 0. The van der Waals surface area contributed by atoms with Crippen molar-refractivity contribution in [2.75, 3.05) is 6.54 Å². The highest BCUT2D eigenvalue weighted by Crippen LogP contribution is 2.33. The molecule has 2 nitrogen and oxygen atoms in total. The molecule has 0 spiro atoms. The molecule has 0 radical (unpaired) electrons. The number of nitrogens with zero attached hydrogens (tertiary/aromatic N) is 1. The van der Waals surface area contributed by atoms with Crippen LogP contribution in [0.15, 0.2) is 34.2 Å². The summed E-state index contributed by atoms with van der Waals surface area (Å²) < 4.78 is 1.17. The summed E-state index contributed by atoms with van der Waals surface area (Å²) in [5.41, 5.74) is 2.35. The molecule has 2 rings (SSSR count). The second-order valence-electron chi connectivity index (χ2n) is 4.20. The summed E-state index contributed by atoms with van der Waals surface area (Å²) in [6, 6.07) is 6.49. The fourth-order valence-electron chi connectivity index (χ4n) is 1.95. The zero-order valence-corrected chi connectivity index (χ0v) is 13.0. The minimum Gasteiger partial charge on any atom is -0.306 e. The van der Waals surface area contributed by atoms with Gasteiger partial charge < -0.3 is 5.32 Å². The zero-order valence-electron chi connectivity index (χ0n) is 10.6. The minimum atomic E-state index is 0.230. The maximum absolute atomic E-state index is 4.40. The Balaban J connectivity index is 2.37. The summed E-state index contributed by atoms with van der Waals surface area (Å²) in [6.07, 6.45) is 2.97. The third-order valence-corrected chi connectivity index (χ3v) is 4.80. The molecule has 4 heteroatoms. The van der Waals surface area contributed by atoms with E-state index in [0.717, 1.165) is 18.7 Å². The van der Waals surface area contributed by atoms with Gasteiger partial charge in [0, 0.05) is 21.2 Å². The molecule has 2 heterocycles. The Kier molecular flexibility index (Phi) is 4.92. The second-order valence-corrected chi connectivity index (χ2v) is 6.00. The SMILES string of the molecule is CCCNC(c1cccnc1C)c1sccc1Br. The monoisotopic (exact) mass is 324 g/mol. The maximum Gasteiger partial charge on any atom is 0.0700 e. The van der Waals surface area contributed by atoms with E-state index in [1.165, 1.54) is 14.9 Å². The van der Waals surface area contributed by atoms with Gasteiger partial charge in [-0.2, -0.15) is 0 Å². The van der Waals surface area contributed by atoms with E-state index in [1.807, 2.05) is 12.3 Å². The Bertz CT molecular complexity index is 510. The Morgan fingerprint density at radius 3 is 2.89 bits per heavy atom. The molecular formula is C14H17BrN2S. The van der Waals surface area contributed by atoms with Crippen molar-refractivity contribution in [3.8, 4) is 0 Å². The van der Waals surface area contributed by atoms with Gasteiger partial charge in [-0.05, 0) is 58.9 Å². The lowest BCUT2D eigenvalue weighted by Gasteiger charge is -2.19. The fourth-order valence-corrected chi connectivity index (χ4v) is 3.64. The second kappa shape index (κ2) is 6.45. The number of pyridine rings is 1. The van der Waals surface area contributed by atoms with E-state index in [4.69, 9.17) is 0 Å². The molecular weight excluding hydrogens is 308 g/mol. The predicted molar refractivity (Wildman–Crippen MR) is 81.1 cm³/mol. The third-order valence-electron chi connectivity index (χ3n) is 2.86. The standard InChI is InChI=1S/C14H17BrN2S/c1-3-7-17-13(14-12(15)6-9-18-14)11-5-4-8-16-10(11)2/h4-6,8-9,13,17H,3,7H2,1-2H3. The van der Waals surface area contributed by atoms with Gasteiger partial charge in [-0.1, -0.05) is 13.0 Å². The smallest absolute Gasteiger partial charge is 0.0700 e. The highest BCUT2D eigenvalue weighted by Gasteiger charge is 2.19. The summed E-state index contributed by atoms with van der Waals surface area (Å²) in [5, 5.41) is 5.73. The van der Waals surface area contributed by atoms with Crippen molar-refractivity contribution in [3.05, 3.63) is 50.4 Å². The van der Waals surface area contributed by atoms with E-state index < -0.39 is 0 Å². The van der Waals surface area contributed by atoms with Crippen LogP contribution >= 0.6 is 27.3 Å². The van der Waals surface area contributed by atoms with Gasteiger partial charge >= 0.3 is 0 Å². The van der Waals surface area contributed by atoms with E-state index in [-0.39, 0.29) is 6.04 Å². The number of hydrogen-bond acceptors (Lipinski definition) is 3. The third kappa shape index (κ3) is 2.99. The lowest BCUT2D eigenvalue weighted by Crippen LogP contribution is -2.23. The summed E-state index contributed by atoms with van der Waals surface area (Å²) in [6.45, 7) is 5.25. The summed E-state index contributed by atoms with van der Waals surface area (Å²) >= 11 is 5.41. The number of rotatable bonds is 5. The average Bonchev–Trinajstić information content (AvgIpc) is 2.78. The summed E-state index contributed by atoms with van der Waals surface area (Å²) in [4.78, 5) is 5.72. The molecule has 0 aliphatic heterocycles. The first-order valence-corrected chi connectivity index (χ1v) is 7.79. The Labute approximate surface area is 121 Å². The molecule has 1 N–H and O–H groups in total. The van der Waals surface area contributed by atoms with Crippen LogP contribution < -0.4 is 5.32 Å². The van der Waals surface area contributed by atoms with Crippen molar-refractivity contribution >= 4 is 27.3 Å². The molecule has 2 aromatic rings. The van der Waals surface area contributed by atoms with Gasteiger partial charge in [0.25, 0.3) is 0 Å². The van der Waals surface area contributed by atoms with Crippen LogP contribution in [0, 0.1) is 6.92 Å². The topological polar surface area (TPSA) is 24.9 Å². The van der Waals surface area contributed by atoms with E-state index in [0.29, 0.717) is 0 Å². The maximum atomic E-state index is 4.40. The number of hydrogen-bond donors (Lipinski definition) is 1. The van der Waals surface area contributed by atoms with E-state index in [9.17, 15) is 0 Å². The Morgan fingerprint density at radius 2 is 2.28 bits per heavy atom. The van der Waals surface area contributed by atoms with Gasteiger partial charge in [0.1, 0.15) is 0 Å². The quantitative estimate of drug-likeness (QED) is 0.886. The molecule has 0 aliphatic carbocycles. The molecule has 1 atom stereocenters. The first-order chi connectivity index (χ1) is 8.74. The molecule has 0 saturated carbocycles.